The minimum Gasteiger partial charge on any atom is -0.389 e. The van der Waals surface area contributed by atoms with Gasteiger partial charge in [0.15, 0.2) is 0 Å². The van der Waals surface area contributed by atoms with E-state index in [1.165, 1.54) is 5.57 Å². The fourth-order valence-corrected chi connectivity index (χ4v) is 4.63. The molecule has 2 aliphatic carbocycles. The zero-order valence-corrected chi connectivity index (χ0v) is 17.4. The van der Waals surface area contributed by atoms with Crippen LogP contribution < -0.4 is 5.43 Å². The van der Waals surface area contributed by atoms with Crippen LogP contribution >= 0.6 is 15.9 Å². The van der Waals surface area contributed by atoms with Gasteiger partial charge in [0.25, 0.3) is 0 Å². The van der Waals surface area contributed by atoms with Gasteiger partial charge < -0.3 is 9.67 Å². The monoisotopic (exact) mass is 426 g/mol. The summed E-state index contributed by atoms with van der Waals surface area (Å²) in [6.07, 6.45) is 1.25. The summed E-state index contributed by atoms with van der Waals surface area (Å²) < 4.78 is 2.63. The highest BCUT2D eigenvalue weighted by Gasteiger charge is 2.32. The van der Waals surface area contributed by atoms with E-state index in [0.29, 0.717) is 16.7 Å². The number of rotatable bonds is 2. The van der Waals surface area contributed by atoms with Crippen molar-refractivity contribution < 1.29 is 5.11 Å². The van der Waals surface area contributed by atoms with Crippen LogP contribution in [0.15, 0.2) is 56.8 Å². The Labute approximate surface area is 167 Å². The predicted octanol–water partition coefficient (Wildman–Crippen LogP) is 4.76. The third-order valence-corrected chi connectivity index (χ3v) is 6.15. The Hall–Kier alpha value is -1.98. The summed E-state index contributed by atoms with van der Waals surface area (Å²) in [5.41, 5.74) is 5.27. The van der Waals surface area contributed by atoms with Crippen LogP contribution in [0, 0.1) is 5.41 Å². The van der Waals surface area contributed by atoms with Crippen molar-refractivity contribution in [3.63, 3.8) is 0 Å². The largest absolute Gasteiger partial charge is 0.389 e. The summed E-state index contributed by atoms with van der Waals surface area (Å²) in [6.45, 7) is 7.06. The number of hydrogen-bond donors (Lipinski definition) is 1. The maximum absolute atomic E-state index is 12.6. The quantitative estimate of drug-likeness (QED) is 0.474. The highest BCUT2D eigenvalue weighted by atomic mass is 79.9. The van der Waals surface area contributed by atoms with Crippen molar-refractivity contribution in [3.05, 3.63) is 62.2 Å². The van der Waals surface area contributed by atoms with Gasteiger partial charge in [-0.15, -0.1) is 0 Å². The number of fused-ring (bicyclic) bond motifs is 2. The van der Waals surface area contributed by atoms with Crippen molar-refractivity contribution in [1.29, 1.82) is 0 Å². The van der Waals surface area contributed by atoms with Crippen LogP contribution in [0.1, 0.15) is 33.6 Å². The Kier molecular flexibility index (Phi) is 4.47. The molecule has 1 atom stereocenters. The lowest BCUT2D eigenvalue weighted by Crippen LogP contribution is -2.31. The number of aliphatic hydroxyl groups is 1. The van der Waals surface area contributed by atoms with Crippen LogP contribution in [0.2, 0.25) is 0 Å². The molecule has 1 aromatic rings. The normalized spacial score (nSPS) is 19.8. The molecule has 1 heterocycles. The van der Waals surface area contributed by atoms with E-state index in [1.54, 1.807) is 6.07 Å². The molecular weight excluding hydrogens is 404 g/mol. The molecule has 0 fully saturated rings. The lowest BCUT2D eigenvalue weighted by Gasteiger charge is -2.36. The van der Waals surface area contributed by atoms with Crippen LogP contribution in [0.5, 0.6) is 0 Å². The number of nitrogens with zero attached hydrogens (tertiary/aromatic N) is 2. The lowest BCUT2D eigenvalue weighted by atomic mass is 9.73. The maximum atomic E-state index is 12.6. The van der Waals surface area contributed by atoms with Crippen molar-refractivity contribution in [3.8, 4) is 11.4 Å². The molecule has 0 radical (unpaired) electrons. The zero-order chi connectivity index (χ0) is 19.3. The van der Waals surface area contributed by atoms with E-state index in [1.807, 2.05) is 30.3 Å². The van der Waals surface area contributed by atoms with Crippen LogP contribution in [0.3, 0.4) is 0 Å². The molecule has 0 amide bonds. The van der Waals surface area contributed by atoms with E-state index < -0.39 is 6.10 Å². The molecule has 0 saturated heterocycles. The van der Waals surface area contributed by atoms with Gasteiger partial charge in [0.1, 0.15) is 5.69 Å². The van der Waals surface area contributed by atoms with Gasteiger partial charge in [-0.1, -0.05) is 31.6 Å². The maximum Gasteiger partial charge on any atom is 0.220 e. The number of para-hydroxylation sites is 2. The molecule has 0 unspecified atom stereocenters. The molecule has 4 rings (SSSR count). The summed E-state index contributed by atoms with van der Waals surface area (Å²) in [4.78, 5) is 17.3. The van der Waals surface area contributed by atoms with Crippen LogP contribution in [-0.4, -0.2) is 20.8 Å². The van der Waals surface area contributed by atoms with Crippen molar-refractivity contribution >= 4 is 27.0 Å². The zero-order valence-electron chi connectivity index (χ0n) is 15.8. The summed E-state index contributed by atoms with van der Waals surface area (Å²) in [5, 5.41) is 10.8. The second kappa shape index (κ2) is 6.57. The minimum absolute atomic E-state index is 0.104. The van der Waals surface area contributed by atoms with Crippen LogP contribution in [0.25, 0.3) is 22.4 Å². The number of aliphatic hydroxyl groups excluding tert-OH is 1. The first-order valence-corrected chi connectivity index (χ1v) is 10.0. The summed E-state index contributed by atoms with van der Waals surface area (Å²) in [6, 6.07) is 11.5. The SMILES string of the molecule is CC1=C(Cn2c3ccc(Br)c(=O)c-3nc3ccccc32)[C@@H](O)CC(C)(C)C1. The molecule has 1 aliphatic heterocycles. The van der Waals surface area contributed by atoms with E-state index in [9.17, 15) is 9.90 Å². The lowest BCUT2D eigenvalue weighted by molar-refractivity contribution is 0.123. The standard InChI is InChI=1S/C22H23BrN2O2/c1-13-10-22(2,3)11-19(26)14(13)12-25-17-7-5-4-6-16(17)24-20-18(25)9-8-15(23)21(20)27/h4-9,19,26H,10-12H2,1-3H3/t19-/m0/s1. The highest BCUT2D eigenvalue weighted by Crippen LogP contribution is 2.40. The third-order valence-electron chi connectivity index (χ3n) is 5.53. The average molecular weight is 427 g/mol. The highest BCUT2D eigenvalue weighted by molar-refractivity contribution is 9.10. The molecule has 3 aliphatic rings. The van der Waals surface area contributed by atoms with E-state index in [2.05, 4.69) is 46.3 Å². The van der Waals surface area contributed by atoms with Crippen LogP contribution in [0.4, 0.5) is 0 Å². The van der Waals surface area contributed by atoms with Crippen molar-refractivity contribution in [1.82, 2.24) is 9.55 Å². The first kappa shape index (κ1) is 18.4. The van der Waals surface area contributed by atoms with Gasteiger partial charge >= 0.3 is 0 Å². The molecule has 0 aromatic heterocycles. The van der Waals surface area contributed by atoms with E-state index in [-0.39, 0.29) is 10.8 Å². The Morgan fingerprint density at radius 1 is 1.26 bits per heavy atom. The number of aromatic nitrogens is 2. The fourth-order valence-electron chi connectivity index (χ4n) is 4.31. The van der Waals surface area contributed by atoms with Gasteiger partial charge in [-0.25, -0.2) is 4.98 Å². The smallest absolute Gasteiger partial charge is 0.220 e. The molecule has 140 valence electrons. The minimum atomic E-state index is -0.467. The molecule has 4 nitrogen and oxygen atoms in total. The van der Waals surface area contributed by atoms with E-state index in [0.717, 1.165) is 35.1 Å². The summed E-state index contributed by atoms with van der Waals surface area (Å²) in [5.74, 6) is 0. The van der Waals surface area contributed by atoms with Crippen molar-refractivity contribution in [2.75, 3.05) is 0 Å². The van der Waals surface area contributed by atoms with Crippen molar-refractivity contribution in [2.45, 2.75) is 46.3 Å². The molecule has 1 aromatic carbocycles. The number of hydrogen-bond acceptors (Lipinski definition) is 3. The van der Waals surface area contributed by atoms with E-state index in [4.69, 9.17) is 0 Å². The summed E-state index contributed by atoms with van der Waals surface area (Å²) in [7, 11) is 0. The number of allylic oxidation sites excluding steroid dienone is 1. The summed E-state index contributed by atoms with van der Waals surface area (Å²) >= 11 is 3.32. The molecular formula is C22H23BrN2O2. The second-order valence-electron chi connectivity index (χ2n) is 8.30. The van der Waals surface area contributed by atoms with Gasteiger partial charge in [-0.05, 0) is 70.9 Å². The topological polar surface area (TPSA) is 55.1 Å². The van der Waals surface area contributed by atoms with E-state index >= 15 is 0 Å². The Morgan fingerprint density at radius 2 is 2.00 bits per heavy atom. The molecule has 5 heteroatoms. The van der Waals surface area contributed by atoms with Crippen molar-refractivity contribution in [2.24, 2.45) is 5.41 Å². The second-order valence-corrected chi connectivity index (χ2v) is 9.15. The molecule has 27 heavy (non-hydrogen) atoms. The van der Waals surface area contributed by atoms with Gasteiger partial charge in [0, 0.05) is 6.54 Å². The Bertz CT molecular complexity index is 1100. The molecule has 1 N–H and O–H groups in total. The van der Waals surface area contributed by atoms with Gasteiger partial charge in [-0.2, -0.15) is 0 Å². The first-order chi connectivity index (χ1) is 12.8. The van der Waals surface area contributed by atoms with Crippen LogP contribution in [-0.2, 0) is 6.54 Å². The third kappa shape index (κ3) is 3.23. The molecule has 0 saturated carbocycles. The van der Waals surface area contributed by atoms with Gasteiger partial charge in [0.2, 0.25) is 5.43 Å². The number of benzene rings is 2. The van der Waals surface area contributed by atoms with Gasteiger partial charge in [-0.3, -0.25) is 4.79 Å². The Balaban J connectivity index is 1.95. The molecule has 0 spiro atoms. The first-order valence-electron chi connectivity index (χ1n) is 9.21. The fraction of sp³-hybridized carbons (Fsp3) is 0.364. The average Bonchev–Trinajstić information content (AvgIpc) is 2.60. The Morgan fingerprint density at radius 3 is 2.74 bits per heavy atom. The van der Waals surface area contributed by atoms with Gasteiger partial charge in [0.05, 0.1) is 27.3 Å². The molecule has 0 bridgehead atoms. The predicted molar refractivity (Wildman–Crippen MR) is 112 cm³/mol. The number of halogens is 1.